The lowest BCUT2D eigenvalue weighted by molar-refractivity contribution is 0.0704. The molecule has 0 unspecified atom stereocenters. The van der Waals surface area contributed by atoms with Crippen LogP contribution in [0.3, 0.4) is 0 Å². The van der Waals surface area contributed by atoms with Gasteiger partial charge in [0.2, 0.25) is 0 Å². The first-order valence-corrected chi connectivity index (χ1v) is 12.7. The summed E-state index contributed by atoms with van der Waals surface area (Å²) in [5.41, 5.74) is 3.24. The van der Waals surface area contributed by atoms with Crippen LogP contribution in [0.4, 0.5) is 0 Å². The highest BCUT2D eigenvalue weighted by atomic mass is 16.2. The van der Waals surface area contributed by atoms with Gasteiger partial charge in [-0.25, -0.2) is 4.68 Å². The van der Waals surface area contributed by atoms with Crippen LogP contribution in [0.25, 0.3) is 16.9 Å². The lowest BCUT2D eigenvalue weighted by Gasteiger charge is -2.32. The molecule has 0 aliphatic carbocycles. The fraction of sp³-hybridized carbons (Fsp3) is 0.357. The number of para-hydroxylation sites is 1. The molecule has 1 atom stereocenters. The Hall–Kier alpha value is -3.74. The van der Waals surface area contributed by atoms with Gasteiger partial charge in [-0.1, -0.05) is 55.0 Å². The van der Waals surface area contributed by atoms with Crippen molar-refractivity contribution >= 4 is 5.91 Å². The van der Waals surface area contributed by atoms with Gasteiger partial charge in [0.1, 0.15) is 17.3 Å². The van der Waals surface area contributed by atoms with Crippen molar-refractivity contribution in [2.24, 2.45) is 0 Å². The first kappa shape index (κ1) is 21.8. The van der Waals surface area contributed by atoms with E-state index in [2.05, 4.69) is 14.8 Å². The fourth-order valence-electron chi connectivity index (χ4n) is 5.40. The molecule has 2 aliphatic heterocycles. The summed E-state index contributed by atoms with van der Waals surface area (Å²) in [6.07, 6.45) is 8.48. The van der Waals surface area contributed by atoms with E-state index >= 15 is 0 Å². The Kier molecular flexibility index (Phi) is 5.90. The molecule has 1 amide bonds. The highest BCUT2D eigenvalue weighted by Gasteiger charge is 2.31. The van der Waals surface area contributed by atoms with E-state index in [0.717, 1.165) is 60.9 Å². The van der Waals surface area contributed by atoms with Crippen LogP contribution in [0.15, 0.2) is 66.9 Å². The molecule has 7 heteroatoms. The predicted octanol–water partition coefficient (Wildman–Crippen LogP) is 4.88. The molecule has 4 heterocycles. The molecule has 2 aromatic carbocycles. The van der Waals surface area contributed by atoms with Crippen molar-refractivity contribution in [1.82, 2.24) is 29.4 Å². The summed E-state index contributed by atoms with van der Waals surface area (Å²) in [5, 5.41) is 14.0. The van der Waals surface area contributed by atoms with Gasteiger partial charge in [0.15, 0.2) is 0 Å². The Balaban J connectivity index is 1.32. The third-order valence-corrected chi connectivity index (χ3v) is 7.22. The van der Waals surface area contributed by atoms with Crippen molar-refractivity contribution in [3.05, 3.63) is 84.1 Å². The number of nitrogens with zero attached hydrogens (tertiary/aromatic N) is 6. The normalized spacial score (nSPS) is 18.2. The summed E-state index contributed by atoms with van der Waals surface area (Å²) in [5.74, 6) is 2.42. The second kappa shape index (κ2) is 9.49. The first-order chi connectivity index (χ1) is 17.3. The maximum atomic E-state index is 13.9. The van der Waals surface area contributed by atoms with Crippen LogP contribution in [0.2, 0.25) is 0 Å². The van der Waals surface area contributed by atoms with Crippen LogP contribution in [0.5, 0.6) is 0 Å². The number of carbonyl (C=O) groups excluding carboxylic acids is 1. The highest BCUT2D eigenvalue weighted by molar-refractivity contribution is 6.00. The number of benzene rings is 2. The molecule has 0 N–H and O–H groups in total. The molecule has 0 bridgehead atoms. The minimum atomic E-state index is 0.0336. The second-order valence-corrected chi connectivity index (χ2v) is 9.56. The zero-order chi connectivity index (χ0) is 23.6. The zero-order valence-corrected chi connectivity index (χ0v) is 19.9. The third kappa shape index (κ3) is 4.27. The summed E-state index contributed by atoms with van der Waals surface area (Å²) >= 11 is 0. The van der Waals surface area contributed by atoms with Gasteiger partial charge in [0, 0.05) is 43.7 Å². The SMILES string of the molecule is O=C(c1cn(-c2ccccc2)nc1-c1ccccc1)N1CCC[C@H](c2nnc3n2CCCCC3)C1. The number of hydrogen-bond donors (Lipinski definition) is 0. The molecule has 1 fully saturated rings. The van der Waals surface area contributed by atoms with Gasteiger partial charge in [-0.2, -0.15) is 5.10 Å². The molecule has 0 radical (unpaired) electrons. The Bertz CT molecular complexity index is 1310. The van der Waals surface area contributed by atoms with E-state index in [1.807, 2.05) is 76.4 Å². The molecule has 6 rings (SSSR count). The van der Waals surface area contributed by atoms with Crippen LogP contribution in [-0.2, 0) is 13.0 Å². The summed E-state index contributed by atoms with van der Waals surface area (Å²) in [6.45, 7) is 2.41. The van der Waals surface area contributed by atoms with Crippen molar-refractivity contribution in [2.45, 2.75) is 51.0 Å². The maximum absolute atomic E-state index is 13.9. The highest BCUT2D eigenvalue weighted by Crippen LogP contribution is 2.31. The van der Waals surface area contributed by atoms with Crippen molar-refractivity contribution in [1.29, 1.82) is 0 Å². The molecule has 1 saturated heterocycles. The van der Waals surface area contributed by atoms with Crippen LogP contribution < -0.4 is 0 Å². The predicted molar refractivity (Wildman–Crippen MR) is 134 cm³/mol. The van der Waals surface area contributed by atoms with E-state index in [4.69, 9.17) is 5.10 Å². The van der Waals surface area contributed by atoms with E-state index in [-0.39, 0.29) is 11.8 Å². The first-order valence-electron chi connectivity index (χ1n) is 12.7. The molecule has 2 aliphatic rings. The van der Waals surface area contributed by atoms with E-state index in [1.165, 1.54) is 19.3 Å². The molecular weight excluding hydrogens is 436 g/mol. The number of fused-ring (bicyclic) bond motifs is 1. The smallest absolute Gasteiger partial charge is 0.257 e. The quantitative estimate of drug-likeness (QED) is 0.430. The van der Waals surface area contributed by atoms with Gasteiger partial charge >= 0.3 is 0 Å². The van der Waals surface area contributed by atoms with Gasteiger partial charge in [0.05, 0.1) is 11.3 Å². The fourth-order valence-corrected chi connectivity index (χ4v) is 5.40. The van der Waals surface area contributed by atoms with Gasteiger partial charge in [-0.05, 0) is 37.8 Å². The Morgan fingerprint density at radius 3 is 2.49 bits per heavy atom. The number of carbonyl (C=O) groups is 1. The molecule has 7 nitrogen and oxygen atoms in total. The maximum Gasteiger partial charge on any atom is 0.257 e. The Morgan fingerprint density at radius 2 is 1.66 bits per heavy atom. The van der Waals surface area contributed by atoms with E-state index in [1.54, 1.807) is 0 Å². The number of aryl methyl sites for hydroxylation is 1. The summed E-state index contributed by atoms with van der Waals surface area (Å²) < 4.78 is 4.14. The Morgan fingerprint density at radius 1 is 0.857 bits per heavy atom. The summed E-state index contributed by atoms with van der Waals surface area (Å²) in [6, 6.07) is 19.9. The molecule has 0 spiro atoms. The number of piperidine rings is 1. The van der Waals surface area contributed by atoms with Gasteiger partial charge in [0.25, 0.3) is 5.91 Å². The van der Waals surface area contributed by atoms with E-state index < -0.39 is 0 Å². The number of aromatic nitrogens is 5. The lowest BCUT2D eigenvalue weighted by Crippen LogP contribution is -2.40. The monoisotopic (exact) mass is 466 g/mol. The van der Waals surface area contributed by atoms with E-state index in [0.29, 0.717) is 12.1 Å². The average molecular weight is 467 g/mol. The van der Waals surface area contributed by atoms with E-state index in [9.17, 15) is 4.79 Å². The van der Waals surface area contributed by atoms with Crippen LogP contribution in [0, 0.1) is 0 Å². The van der Waals surface area contributed by atoms with Crippen LogP contribution in [-0.4, -0.2) is 48.4 Å². The van der Waals surface area contributed by atoms with Gasteiger partial charge in [-0.15, -0.1) is 10.2 Å². The molecule has 4 aromatic rings. The van der Waals surface area contributed by atoms with Crippen molar-refractivity contribution in [3.8, 4) is 16.9 Å². The second-order valence-electron chi connectivity index (χ2n) is 9.56. The number of likely N-dealkylation sites (tertiary alicyclic amines) is 1. The van der Waals surface area contributed by atoms with Gasteiger partial charge < -0.3 is 9.47 Å². The largest absolute Gasteiger partial charge is 0.338 e. The molecule has 178 valence electrons. The van der Waals surface area contributed by atoms with Crippen molar-refractivity contribution in [3.63, 3.8) is 0 Å². The summed E-state index contributed by atoms with van der Waals surface area (Å²) in [7, 11) is 0. The minimum absolute atomic E-state index is 0.0336. The average Bonchev–Trinajstić information content (AvgIpc) is 3.47. The van der Waals surface area contributed by atoms with Crippen molar-refractivity contribution < 1.29 is 4.79 Å². The number of amides is 1. The van der Waals surface area contributed by atoms with Crippen LogP contribution >= 0.6 is 0 Å². The molecule has 35 heavy (non-hydrogen) atoms. The molecule has 2 aromatic heterocycles. The Labute approximate surface area is 205 Å². The molecular formula is C28H30N6O. The van der Waals surface area contributed by atoms with Gasteiger partial charge in [-0.3, -0.25) is 4.79 Å². The topological polar surface area (TPSA) is 68.8 Å². The number of hydrogen-bond acceptors (Lipinski definition) is 4. The standard InChI is InChI=1S/C28H30N6O/c35-28(32-17-10-13-22(19-32)27-30-29-25-16-8-3-9-18-33(25)27)24-20-34(23-14-6-2-7-15-23)31-26(24)21-11-4-1-5-12-21/h1-2,4-7,11-12,14-15,20,22H,3,8-10,13,16-19H2/t22-/m0/s1. The third-order valence-electron chi connectivity index (χ3n) is 7.22. The zero-order valence-electron chi connectivity index (χ0n) is 19.9. The van der Waals surface area contributed by atoms with Crippen LogP contribution in [0.1, 0.15) is 60.0 Å². The molecule has 0 saturated carbocycles. The minimum Gasteiger partial charge on any atom is -0.338 e. The lowest BCUT2D eigenvalue weighted by atomic mass is 9.96. The van der Waals surface area contributed by atoms with Crippen molar-refractivity contribution in [2.75, 3.05) is 13.1 Å². The summed E-state index contributed by atoms with van der Waals surface area (Å²) in [4.78, 5) is 15.9. The number of rotatable bonds is 4.